The Hall–Kier alpha value is -4.88. The number of carbonyl (C=O) groups is 1. The van der Waals surface area contributed by atoms with E-state index in [0.717, 1.165) is 59.7 Å². The number of aliphatic imine (C=N–C) groups is 1. The van der Waals surface area contributed by atoms with Gasteiger partial charge < -0.3 is 14.0 Å². The van der Waals surface area contributed by atoms with E-state index in [1.54, 1.807) is 6.21 Å². The number of esters is 1. The fourth-order valence-electron chi connectivity index (χ4n) is 5.67. The third-order valence-corrected chi connectivity index (χ3v) is 8.46. The first kappa shape index (κ1) is 27.0. The van der Waals surface area contributed by atoms with Crippen LogP contribution in [0, 0.1) is 0 Å². The molecule has 1 heterocycles. The molecule has 7 heteroatoms. The quantitative estimate of drug-likeness (QED) is 0.111. The molecule has 0 saturated carbocycles. The van der Waals surface area contributed by atoms with Crippen LogP contribution in [0.15, 0.2) is 131 Å². The van der Waals surface area contributed by atoms with Gasteiger partial charge in [-0.25, -0.2) is 4.79 Å². The molecule has 6 aromatic carbocycles. The first-order valence-corrected chi connectivity index (χ1v) is 14.7. The van der Waals surface area contributed by atoms with Crippen LogP contribution in [0.5, 0.6) is 11.5 Å². The second kappa shape index (κ2) is 11.4. The van der Waals surface area contributed by atoms with E-state index < -0.39 is 19.1 Å². The van der Waals surface area contributed by atoms with Gasteiger partial charge in [0.1, 0.15) is 11.5 Å². The molecule has 0 unspecified atom stereocenters. The highest BCUT2D eigenvalue weighted by Crippen LogP contribution is 2.47. The van der Waals surface area contributed by atoms with E-state index in [2.05, 4.69) is 52.3 Å². The molecule has 0 bridgehead atoms. The SMILES string of the molecule is COC(=O)[C@@H](N=Cc1ccccc1B1Oc2ccc3ccccc3c2-c2c(ccc3ccccc23)O1)c1ccccc1Br. The molecular weight excluding hydrogens is 601 g/mol. The van der Waals surface area contributed by atoms with Crippen molar-refractivity contribution < 1.29 is 18.8 Å². The Balaban J connectivity index is 1.37. The number of hydrogen-bond donors (Lipinski definition) is 0. The molecule has 0 amide bonds. The van der Waals surface area contributed by atoms with Crippen LogP contribution in [0.3, 0.4) is 0 Å². The van der Waals surface area contributed by atoms with E-state index in [0.29, 0.717) is 5.56 Å². The summed E-state index contributed by atoms with van der Waals surface area (Å²) in [7, 11) is 0.593. The number of fused-ring (bicyclic) bond motifs is 7. The molecule has 1 atom stereocenters. The minimum absolute atomic E-state index is 0.454. The number of halogens is 1. The third-order valence-electron chi connectivity index (χ3n) is 7.74. The van der Waals surface area contributed by atoms with Crippen molar-refractivity contribution >= 4 is 62.2 Å². The fourth-order valence-corrected chi connectivity index (χ4v) is 6.17. The lowest BCUT2D eigenvalue weighted by atomic mass is 9.75. The Morgan fingerprint density at radius 2 is 1.30 bits per heavy atom. The van der Waals surface area contributed by atoms with Gasteiger partial charge >= 0.3 is 13.1 Å². The lowest BCUT2D eigenvalue weighted by Crippen LogP contribution is -2.44. The van der Waals surface area contributed by atoms with Gasteiger partial charge in [-0.1, -0.05) is 119 Å². The second-order valence-electron chi connectivity index (χ2n) is 10.2. The third kappa shape index (κ3) is 4.96. The minimum atomic E-state index is -0.844. The predicted molar refractivity (Wildman–Crippen MR) is 176 cm³/mol. The smallest absolute Gasteiger partial charge is 0.521 e. The molecule has 0 radical (unpaired) electrons. The predicted octanol–water partition coefficient (Wildman–Crippen LogP) is 7.92. The van der Waals surface area contributed by atoms with Gasteiger partial charge in [-0.15, -0.1) is 0 Å². The Labute approximate surface area is 258 Å². The van der Waals surface area contributed by atoms with E-state index in [4.69, 9.17) is 19.0 Å². The number of hydrogen-bond acceptors (Lipinski definition) is 5. The molecule has 0 aliphatic carbocycles. The van der Waals surface area contributed by atoms with Crippen molar-refractivity contribution in [3.63, 3.8) is 0 Å². The largest absolute Gasteiger partial charge is 0.633 e. The van der Waals surface area contributed by atoms with Crippen molar-refractivity contribution in [1.29, 1.82) is 0 Å². The number of ether oxygens (including phenoxy) is 1. The van der Waals surface area contributed by atoms with E-state index in [1.165, 1.54) is 7.11 Å². The molecule has 5 nitrogen and oxygen atoms in total. The van der Waals surface area contributed by atoms with Crippen molar-refractivity contribution in [3.8, 4) is 22.6 Å². The summed E-state index contributed by atoms with van der Waals surface area (Å²) >= 11 is 3.55. The number of methoxy groups -OCH3 is 1. The molecular formula is C36H25BBrNO4. The van der Waals surface area contributed by atoms with Crippen molar-refractivity contribution in [3.05, 3.63) is 137 Å². The maximum Gasteiger partial charge on any atom is 0.633 e. The highest BCUT2D eigenvalue weighted by molar-refractivity contribution is 9.10. The number of rotatable bonds is 5. The van der Waals surface area contributed by atoms with Crippen LogP contribution in [0.25, 0.3) is 32.7 Å². The lowest BCUT2D eigenvalue weighted by Gasteiger charge is -2.17. The molecule has 43 heavy (non-hydrogen) atoms. The van der Waals surface area contributed by atoms with Crippen molar-refractivity contribution in [2.75, 3.05) is 7.11 Å². The summed E-state index contributed by atoms with van der Waals surface area (Å²) < 4.78 is 19.3. The average Bonchev–Trinajstić information content (AvgIpc) is 3.23. The highest BCUT2D eigenvalue weighted by Gasteiger charge is 2.35. The molecule has 0 fully saturated rings. The summed E-state index contributed by atoms with van der Waals surface area (Å²) in [5.41, 5.74) is 4.25. The minimum Gasteiger partial charge on any atom is -0.521 e. The van der Waals surface area contributed by atoms with Crippen molar-refractivity contribution in [2.45, 2.75) is 6.04 Å². The van der Waals surface area contributed by atoms with E-state index in [9.17, 15) is 4.79 Å². The Bertz CT molecular complexity index is 1960. The van der Waals surface area contributed by atoms with Crippen molar-refractivity contribution in [1.82, 2.24) is 0 Å². The van der Waals surface area contributed by atoms with Crippen LogP contribution in [0.1, 0.15) is 17.2 Å². The summed E-state index contributed by atoms with van der Waals surface area (Å²) in [5, 5.41) is 4.42. The molecule has 208 valence electrons. The first-order chi connectivity index (χ1) is 21.1. The lowest BCUT2D eigenvalue weighted by molar-refractivity contribution is -0.142. The van der Waals surface area contributed by atoms with Gasteiger partial charge in [-0.3, -0.25) is 4.99 Å². The molecule has 1 aliphatic heterocycles. The van der Waals surface area contributed by atoms with Crippen molar-refractivity contribution in [2.24, 2.45) is 4.99 Å². The monoisotopic (exact) mass is 625 g/mol. The van der Waals surface area contributed by atoms with Gasteiger partial charge in [0.25, 0.3) is 0 Å². The Morgan fingerprint density at radius 3 is 1.93 bits per heavy atom. The summed E-state index contributed by atoms with van der Waals surface area (Å²) in [6.45, 7) is 0. The topological polar surface area (TPSA) is 57.1 Å². The maximum atomic E-state index is 12.8. The summed E-state index contributed by atoms with van der Waals surface area (Å²) in [5.74, 6) is 1.00. The number of carbonyl (C=O) groups excluding carboxylic acids is 1. The molecule has 0 saturated heterocycles. The van der Waals surface area contributed by atoms with Gasteiger partial charge in [0, 0.05) is 32.8 Å². The molecule has 6 aromatic rings. The van der Waals surface area contributed by atoms with Crippen LogP contribution in [-0.4, -0.2) is 26.4 Å². The van der Waals surface area contributed by atoms with Crippen LogP contribution >= 0.6 is 15.9 Å². The van der Waals surface area contributed by atoms with E-state index in [1.807, 2.05) is 84.9 Å². The first-order valence-electron chi connectivity index (χ1n) is 13.9. The fraction of sp³-hybridized carbons (Fsp3) is 0.0556. The van der Waals surface area contributed by atoms with Gasteiger partial charge in [0.2, 0.25) is 0 Å². The molecule has 0 N–H and O–H groups in total. The van der Waals surface area contributed by atoms with Gasteiger partial charge in [0.05, 0.1) is 7.11 Å². The summed E-state index contributed by atoms with van der Waals surface area (Å²) in [6.07, 6.45) is 1.69. The zero-order valence-electron chi connectivity index (χ0n) is 23.2. The Morgan fingerprint density at radius 1 is 0.744 bits per heavy atom. The average molecular weight is 626 g/mol. The van der Waals surface area contributed by atoms with Crippen LogP contribution in [0.2, 0.25) is 0 Å². The zero-order chi connectivity index (χ0) is 29.3. The molecule has 1 aliphatic rings. The van der Waals surface area contributed by atoms with Gasteiger partial charge in [0.15, 0.2) is 6.04 Å². The van der Waals surface area contributed by atoms with Crippen LogP contribution < -0.4 is 14.8 Å². The van der Waals surface area contributed by atoms with E-state index in [-0.39, 0.29) is 0 Å². The standard InChI is InChI=1S/C36H25BBrNO4/c1-41-36(40)35(28-15-7-9-17-30(28)38)39-22-25-12-4-8-16-29(25)37-42-31-20-18-23-10-2-5-13-26(23)33(31)34-27-14-6-3-11-24(27)19-21-32(34)43-37/h2-22,35H,1H3/t35-/m0/s1. The number of nitrogens with zero attached hydrogens (tertiary/aromatic N) is 1. The van der Waals surface area contributed by atoms with E-state index >= 15 is 0 Å². The van der Waals surface area contributed by atoms with Gasteiger partial charge in [-0.05, 0) is 45.3 Å². The zero-order valence-corrected chi connectivity index (χ0v) is 24.8. The molecule has 0 spiro atoms. The summed E-state index contributed by atoms with van der Waals surface area (Å²) in [4.78, 5) is 17.5. The molecule has 7 rings (SSSR count). The maximum absolute atomic E-state index is 12.8. The Kier molecular flexibility index (Phi) is 7.17. The molecule has 0 aromatic heterocycles. The normalized spacial score (nSPS) is 13.1. The highest BCUT2D eigenvalue weighted by atomic mass is 79.9. The van der Waals surface area contributed by atoms with Crippen LogP contribution in [0.4, 0.5) is 0 Å². The second-order valence-corrected chi connectivity index (χ2v) is 11.1. The number of benzene rings is 6. The van der Waals surface area contributed by atoms with Crippen LogP contribution in [-0.2, 0) is 9.53 Å². The van der Waals surface area contributed by atoms with Gasteiger partial charge in [-0.2, -0.15) is 0 Å². The summed E-state index contributed by atoms with van der Waals surface area (Å²) in [6, 6.07) is 39.3.